The van der Waals surface area contributed by atoms with E-state index in [1.54, 1.807) is 18.2 Å². The number of halogens is 1. The fourth-order valence-corrected chi connectivity index (χ4v) is 1.91. The second-order valence-electron chi connectivity index (χ2n) is 4.23. The summed E-state index contributed by atoms with van der Waals surface area (Å²) in [5.41, 5.74) is 1.30. The summed E-state index contributed by atoms with van der Waals surface area (Å²) in [5.74, 6) is -0.186. The summed E-state index contributed by atoms with van der Waals surface area (Å²) in [6.07, 6.45) is 1.94. The van der Waals surface area contributed by atoms with Gasteiger partial charge in [-0.15, -0.1) is 0 Å². The molecule has 1 rings (SSSR count). The molecule has 0 radical (unpaired) electrons. The van der Waals surface area contributed by atoms with E-state index >= 15 is 0 Å². The van der Waals surface area contributed by atoms with Gasteiger partial charge in [0.05, 0.1) is 5.56 Å². The molecule has 3 nitrogen and oxygen atoms in total. The lowest BCUT2D eigenvalue weighted by molar-refractivity contribution is 0.0935. The predicted octanol–water partition coefficient (Wildman–Crippen LogP) is 2.99. The number of aromatic hydroxyl groups is 1. The topological polar surface area (TPSA) is 49.3 Å². The molecule has 0 aliphatic carbocycles. The molecule has 1 aromatic rings. The number of hydrogen-bond acceptors (Lipinski definition) is 2. The molecule has 0 aromatic heterocycles. The van der Waals surface area contributed by atoms with Crippen molar-refractivity contribution in [3.05, 3.63) is 29.3 Å². The third-order valence-electron chi connectivity index (χ3n) is 2.54. The zero-order valence-electron chi connectivity index (χ0n) is 10.2. The van der Waals surface area contributed by atoms with Gasteiger partial charge in [0.25, 0.3) is 5.91 Å². The van der Waals surface area contributed by atoms with Gasteiger partial charge in [0.2, 0.25) is 0 Å². The first-order chi connectivity index (χ1) is 8.04. The van der Waals surface area contributed by atoms with Gasteiger partial charge in [0.1, 0.15) is 5.75 Å². The van der Waals surface area contributed by atoms with Crippen LogP contribution in [0.2, 0.25) is 0 Å². The molecule has 94 valence electrons. The maximum atomic E-state index is 11.9. The molecule has 17 heavy (non-hydrogen) atoms. The highest BCUT2D eigenvalue weighted by Crippen LogP contribution is 2.18. The van der Waals surface area contributed by atoms with E-state index in [-0.39, 0.29) is 17.7 Å². The van der Waals surface area contributed by atoms with Crippen molar-refractivity contribution >= 4 is 21.8 Å². The molecular formula is C13H18BrNO2. The number of carbonyl (C=O) groups excluding carboxylic acids is 1. The lowest BCUT2D eigenvalue weighted by atomic mass is 10.1. The molecule has 0 aliphatic heterocycles. The molecule has 1 aromatic carbocycles. The van der Waals surface area contributed by atoms with Gasteiger partial charge in [0.15, 0.2) is 0 Å². The highest BCUT2D eigenvalue weighted by Gasteiger charge is 2.13. The highest BCUT2D eigenvalue weighted by atomic mass is 79.9. The molecule has 1 unspecified atom stereocenters. The predicted molar refractivity (Wildman–Crippen MR) is 72.8 cm³/mol. The van der Waals surface area contributed by atoms with E-state index in [0.29, 0.717) is 5.56 Å². The second-order valence-corrected chi connectivity index (χ2v) is 5.02. The molecule has 1 atom stereocenters. The third-order valence-corrected chi connectivity index (χ3v) is 3.11. The molecule has 0 heterocycles. The number of phenols is 1. The maximum absolute atomic E-state index is 11.9. The summed E-state index contributed by atoms with van der Waals surface area (Å²) in [6.45, 7) is 3.86. The minimum atomic E-state index is -0.215. The number of rotatable bonds is 5. The van der Waals surface area contributed by atoms with Crippen LogP contribution in [0, 0.1) is 6.92 Å². The van der Waals surface area contributed by atoms with E-state index in [4.69, 9.17) is 0 Å². The van der Waals surface area contributed by atoms with E-state index < -0.39 is 0 Å². The highest BCUT2D eigenvalue weighted by molar-refractivity contribution is 9.09. The smallest absolute Gasteiger partial charge is 0.255 e. The van der Waals surface area contributed by atoms with Crippen molar-refractivity contribution in [1.82, 2.24) is 5.32 Å². The molecule has 0 bridgehead atoms. The van der Waals surface area contributed by atoms with Crippen LogP contribution in [-0.4, -0.2) is 22.4 Å². The van der Waals surface area contributed by atoms with Crippen molar-refractivity contribution in [2.45, 2.75) is 32.7 Å². The van der Waals surface area contributed by atoms with E-state index in [1.165, 1.54) is 0 Å². The van der Waals surface area contributed by atoms with Crippen molar-refractivity contribution in [3.8, 4) is 5.75 Å². The van der Waals surface area contributed by atoms with Crippen LogP contribution in [-0.2, 0) is 0 Å². The normalized spacial score (nSPS) is 12.2. The fourth-order valence-electron chi connectivity index (χ4n) is 1.59. The van der Waals surface area contributed by atoms with Crippen molar-refractivity contribution < 1.29 is 9.90 Å². The molecule has 4 heteroatoms. The van der Waals surface area contributed by atoms with Crippen LogP contribution < -0.4 is 5.32 Å². The van der Waals surface area contributed by atoms with Crippen LogP contribution in [0.1, 0.15) is 35.7 Å². The summed E-state index contributed by atoms with van der Waals surface area (Å²) in [5, 5.41) is 13.4. The minimum absolute atomic E-state index is 0.0285. The van der Waals surface area contributed by atoms with Crippen molar-refractivity contribution in [3.63, 3.8) is 0 Å². The Morgan fingerprint density at radius 1 is 1.53 bits per heavy atom. The molecular weight excluding hydrogens is 282 g/mol. The Kier molecular flexibility index (Phi) is 5.48. The Hall–Kier alpha value is -1.03. The fraction of sp³-hybridized carbons (Fsp3) is 0.462. The van der Waals surface area contributed by atoms with Crippen molar-refractivity contribution in [1.29, 1.82) is 0 Å². The molecule has 2 N–H and O–H groups in total. The van der Waals surface area contributed by atoms with Crippen LogP contribution in [0.25, 0.3) is 0 Å². The molecule has 1 amide bonds. The van der Waals surface area contributed by atoms with Crippen LogP contribution in [0.4, 0.5) is 0 Å². The quantitative estimate of drug-likeness (QED) is 0.821. The average molecular weight is 300 g/mol. The van der Waals surface area contributed by atoms with Gasteiger partial charge in [-0.2, -0.15) is 0 Å². The number of aryl methyl sites for hydroxylation is 1. The summed E-state index contributed by atoms with van der Waals surface area (Å²) < 4.78 is 0. The van der Waals surface area contributed by atoms with Crippen molar-refractivity contribution in [2.24, 2.45) is 0 Å². The van der Waals surface area contributed by atoms with Crippen LogP contribution in [0.5, 0.6) is 5.75 Å². The number of benzene rings is 1. The number of alkyl halides is 1. The van der Waals surface area contributed by atoms with Gasteiger partial charge < -0.3 is 10.4 Å². The minimum Gasteiger partial charge on any atom is -0.507 e. The summed E-state index contributed by atoms with van der Waals surface area (Å²) >= 11 is 3.36. The maximum Gasteiger partial charge on any atom is 0.255 e. The van der Waals surface area contributed by atoms with Gasteiger partial charge in [0, 0.05) is 11.4 Å². The number of phenolic OH excluding ortho intramolecular Hbond substituents is 1. The summed E-state index contributed by atoms with van der Waals surface area (Å²) in [6, 6.07) is 5.13. The van der Waals surface area contributed by atoms with E-state index in [9.17, 15) is 9.90 Å². The largest absolute Gasteiger partial charge is 0.507 e. The van der Waals surface area contributed by atoms with Crippen LogP contribution >= 0.6 is 15.9 Å². The first-order valence-electron chi connectivity index (χ1n) is 5.71. The third kappa shape index (κ3) is 4.38. The van der Waals surface area contributed by atoms with Crippen LogP contribution in [0.3, 0.4) is 0 Å². The summed E-state index contributed by atoms with van der Waals surface area (Å²) in [7, 11) is 0. The number of nitrogens with one attached hydrogen (secondary N) is 1. The van der Waals surface area contributed by atoms with E-state index in [1.807, 2.05) is 13.8 Å². The second kappa shape index (κ2) is 6.64. The molecule has 0 saturated heterocycles. The van der Waals surface area contributed by atoms with Gasteiger partial charge in [-0.1, -0.05) is 27.6 Å². The molecule has 0 fully saturated rings. The van der Waals surface area contributed by atoms with Crippen molar-refractivity contribution in [2.75, 3.05) is 5.33 Å². The van der Waals surface area contributed by atoms with Gasteiger partial charge in [-0.05, 0) is 38.8 Å². The Morgan fingerprint density at radius 3 is 2.88 bits per heavy atom. The van der Waals surface area contributed by atoms with Crippen LogP contribution in [0.15, 0.2) is 18.2 Å². The van der Waals surface area contributed by atoms with E-state index in [0.717, 1.165) is 23.7 Å². The monoisotopic (exact) mass is 299 g/mol. The number of amides is 1. The lowest BCUT2D eigenvalue weighted by Crippen LogP contribution is -2.32. The Balaban J connectivity index is 2.66. The zero-order chi connectivity index (χ0) is 12.8. The Bertz CT molecular complexity index is 393. The first-order valence-corrected chi connectivity index (χ1v) is 6.83. The standard InChI is InChI=1S/C13H18BrNO2/c1-9-5-6-12(16)11(8-9)13(17)15-10(2)4-3-7-14/h5-6,8,10,16H,3-4,7H2,1-2H3,(H,15,17). The molecule has 0 aliphatic rings. The Labute approximate surface area is 110 Å². The van der Waals surface area contributed by atoms with Gasteiger partial charge in [-0.25, -0.2) is 0 Å². The van der Waals surface area contributed by atoms with Gasteiger partial charge >= 0.3 is 0 Å². The van der Waals surface area contributed by atoms with Gasteiger partial charge in [-0.3, -0.25) is 4.79 Å². The first kappa shape index (κ1) is 14.0. The summed E-state index contributed by atoms with van der Waals surface area (Å²) in [4.78, 5) is 11.9. The molecule has 0 saturated carbocycles. The number of hydrogen-bond donors (Lipinski definition) is 2. The number of carbonyl (C=O) groups is 1. The SMILES string of the molecule is Cc1ccc(O)c(C(=O)NC(C)CCCBr)c1. The molecule has 0 spiro atoms. The van der Waals surface area contributed by atoms with E-state index in [2.05, 4.69) is 21.2 Å². The Morgan fingerprint density at radius 2 is 2.24 bits per heavy atom. The zero-order valence-corrected chi connectivity index (χ0v) is 11.8. The lowest BCUT2D eigenvalue weighted by Gasteiger charge is -2.14. The average Bonchev–Trinajstić information content (AvgIpc) is 2.29.